The number of thioether (sulfide) groups is 1. The van der Waals surface area contributed by atoms with Crippen LogP contribution in [0.25, 0.3) is 0 Å². The largest absolute Gasteiger partial charge is 0.397 e. The molecular weight excluding hydrogens is 282 g/mol. The lowest BCUT2D eigenvalue weighted by Crippen LogP contribution is -2.23. The minimum atomic E-state index is -3.43. The minimum Gasteiger partial charge on any atom is -0.397 e. The van der Waals surface area contributed by atoms with Crippen molar-refractivity contribution < 1.29 is 8.42 Å². The van der Waals surface area contributed by atoms with Crippen LogP contribution in [0.3, 0.4) is 0 Å². The second kappa shape index (κ2) is 6.49. The topological polar surface area (TPSA) is 75.4 Å². The molecule has 0 radical (unpaired) electrons. The van der Waals surface area contributed by atoms with Gasteiger partial charge < -0.3 is 11.1 Å². The van der Waals surface area contributed by atoms with Crippen LogP contribution >= 0.6 is 11.8 Å². The van der Waals surface area contributed by atoms with E-state index in [0.717, 1.165) is 11.4 Å². The maximum absolute atomic E-state index is 12.0. The highest BCUT2D eigenvalue weighted by molar-refractivity contribution is 7.98. The van der Waals surface area contributed by atoms with Crippen molar-refractivity contribution in [3.8, 4) is 0 Å². The highest BCUT2D eigenvalue weighted by atomic mass is 32.2. The van der Waals surface area contributed by atoms with E-state index in [1.807, 2.05) is 6.26 Å². The lowest BCUT2D eigenvalue weighted by Gasteiger charge is -2.17. The van der Waals surface area contributed by atoms with E-state index in [9.17, 15) is 8.42 Å². The third-order valence-corrected chi connectivity index (χ3v) is 5.26. The molecule has 0 aliphatic heterocycles. The molecule has 0 bridgehead atoms. The van der Waals surface area contributed by atoms with Crippen LogP contribution in [0.1, 0.15) is 6.92 Å². The van der Waals surface area contributed by atoms with Gasteiger partial charge in [0.05, 0.1) is 16.3 Å². The van der Waals surface area contributed by atoms with Crippen LogP contribution in [0.5, 0.6) is 0 Å². The summed E-state index contributed by atoms with van der Waals surface area (Å²) in [5.41, 5.74) is 7.11. The molecule has 108 valence electrons. The minimum absolute atomic E-state index is 0.207. The van der Waals surface area contributed by atoms with E-state index in [0.29, 0.717) is 5.69 Å². The molecule has 19 heavy (non-hydrogen) atoms. The third-order valence-electron chi connectivity index (χ3n) is 2.62. The Morgan fingerprint density at radius 1 is 1.42 bits per heavy atom. The van der Waals surface area contributed by atoms with Gasteiger partial charge in [0.2, 0.25) is 10.0 Å². The fourth-order valence-corrected chi connectivity index (χ4v) is 3.12. The van der Waals surface area contributed by atoms with Gasteiger partial charge >= 0.3 is 0 Å². The van der Waals surface area contributed by atoms with Crippen molar-refractivity contribution in [2.75, 3.05) is 37.2 Å². The molecule has 0 fully saturated rings. The van der Waals surface area contributed by atoms with Crippen molar-refractivity contribution in [1.82, 2.24) is 4.31 Å². The Kier molecular flexibility index (Phi) is 5.51. The summed E-state index contributed by atoms with van der Waals surface area (Å²) in [5.74, 6) is 0.956. The Morgan fingerprint density at radius 2 is 2.05 bits per heavy atom. The van der Waals surface area contributed by atoms with E-state index in [1.54, 1.807) is 23.9 Å². The molecule has 1 unspecified atom stereocenters. The normalized spacial score (nSPS) is 13.5. The molecule has 5 nitrogen and oxygen atoms in total. The summed E-state index contributed by atoms with van der Waals surface area (Å²) in [4.78, 5) is 0.207. The highest BCUT2D eigenvalue weighted by Crippen LogP contribution is 2.24. The SMILES string of the molecule is CSCC(C)Nc1ccc(S(=O)(=O)N(C)C)cc1N. The number of nitrogen functional groups attached to an aromatic ring is 1. The standard InChI is InChI=1S/C12H21N3O2S2/c1-9(8-18-4)14-12-6-5-10(7-11(12)13)19(16,17)15(2)3/h5-7,9,14H,8,13H2,1-4H3. The number of anilines is 2. The van der Waals surface area contributed by atoms with Crippen LogP contribution in [0, 0.1) is 0 Å². The second-order valence-electron chi connectivity index (χ2n) is 4.54. The molecule has 1 rings (SSSR count). The van der Waals surface area contributed by atoms with E-state index < -0.39 is 10.0 Å². The number of hydrogen-bond acceptors (Lipinski definition) is 5. The number of sulfonamides is 1. The van der Waals surface area contributed by atoms with Crippen LogP contribution in [-0.2, 0) is 10.0 Å². The van der Waals surface area contributed by atoms with Gasteiger partial charge in [-0.3, -0.25) is 0 Å². The smallest absolute Gasteiger partial charge is 0.242 e. The fourth-order valence-electron chi connectivity index (χ4n) is 1.60. The first-order chi connectivity index (χ1) is 8.78. The van der Waals surface area contributed by atoms with Gasteiger partial charge in [0.25, 0.3) is 0 Å². The molecule has 3 N–H and O–H groups in total. The Balaban J connectivity index is 2.99. The van der Waals surface area contributed by atoms with Crippen LogP contribution < -0.4 is 11.1 Å². The van der Waals surface area contributed by atoms with Gasteiger partial charge in [-0.15, -0.1) is 0 Å². The summed E-state index contributed by atoms with van der Waals surface area (Å²) in [7, 11) is -0.437. The molecule has 0 spiro atoms. The van der Waals surface area contributed by atoms with E-state index >= 15 is 0 Å². The number of nitrogens with two attached hydrogens (primary N) is 1. The molecule has 0 aliphatic carbocycles. The zero-order valence-corrected chi connectivity index (χ0v) is 13.3. The Bertz CT molecular complexity index is 530. The number of nitrogens with zero attached hydrogens (tertiary/aromatic N) is 1. The Labute approximate surface area is 119 Å². The lowest BCUT2D eigenvalue weighted by molar-refractivity contribution is 0.521. The predicted octanol–water partition coefficient (Wildman–Crippen LogP) is 1.68. The molecule has 0 saturated heterocycles. The molecular formula is C12H21N3O2S2. The van der Waals surface area contributed by atoms with Crippen molar-refractivity contribution in [1.29, 1.82) is 0 Å². The van der Waals surface area contributed by atoms with Crippen molar-refractivity contribution in [2.24, 2.45) is 0 Å². The van der Waals surface area contributed by atoms with E-state index in [2.05, 4.69) is 12.2 Å². The maximum Gasteiger partial charge on any atom is 0.242 e. The Hall–Kier alpha value is -0.920. The van der Waals surface area contributed by atoms with Gasteiger partial charge in [0.15, 0.2) is 0 Å². The Morgan fingerprint density at radius 3 is 2.53 bits per heavy atom. The summed E-state index contributed by atoms with van der Waals surface area (Å²) in [6.07, 6.45) is 2.04. The van der Waals surface area contributed by atoms with Gasteiger partial charge in [-0.05, 0) is 31.4 Å². The van der Waals surface area contributed by atoms with Crippen LogP contribution in [0.4, 0.5) is 11.4 Å². The van der Waals surface area contributed by atoms with Crippen molar-refractivity contribution in [3.05, 3.63) is 18.2 Å². The average Bonchev–Trinajstić information content (AvgIpc) is 2.31. The molecule has 0 amide bonds. The number of rotatable bonds is 6. The number of benzene rings is 1. The van der Waals surface area contributed by atoms with Gasteiger partial charge in [-0.25, -0.2) is 12.7 Å². The molecule has 0 saturated carbocycles. The predicted molar refractivity (Wildman–Crippen MR) is 83.2 cm³/mol. The summed E-state index contributed by atoms with van der Waals surface area (Å²) < 4.78 is 25.1. The molecule has 1 atom stereocenters. The van der Waals surface area contributed by atoms with Crippen LogP contribution in [0.2, 0.25) is 0 Å². The zero-order valence-electron chi connectivity index (χ0n) is 11.7. The maximum atomic E-state index is 12.0. The van der Waals surface area contributed by atoms with Gasteiger partial charge in [0.1, 0.15) is 0 Å². The van der Waals surface area contributed by atoms with E-state index in [1.165, 1.54) is 24.5 Å². The van der Waals surface area contributed by atoms with Crippen LogP contribution in [0.15, 0.2) is 23.1 Å². The summed E-state index contributed by atoms with van der Waals surface area (Å²) >= 11 is 1.74. The molecule has 0 heterocycles. The van der Waals surface area contributed by atoms with Crippen molar-refractivity contribution >= 4 is 33.2 Å². The van der Waals surface area contributed by atoms with E-state index in [-0.39, 0.29) is 10.9 Å². The number of hydrogen-bond donors (Lipinski definition) is 2. The second-order valence-corrected chi connectivity index (χ2v) is 7.60. The molecule has 0 aliphatic rings. The zero-order chi connectivity index (χ0) is 14.6. The monoisotopic (exact) mass is 303 g/mol. The van der Waals surface area contributed by atoms with Gasteiger partial charge in [-0.1, -0.05) is 0 Å². The number of nitrogens with one attached hydrogen (secondary N) is 1. The third kappa shape index (κ3) is 4.02. The van der Waals surface area contributed by atoms with Crippen molar-refractivity contribution in [2.45, 2.75) is 17.9 Å². The molecule has 0 aromatic heterocycles. The first-order valence-corrected chi connectivity index (χ1v) is 8.70. The first-order valence-electron chi connectivity index (χ1n) is 5.86. The molecule has 7 heteroatoms. The quantitative estimate of drug-likeness (QED) is 0.782. The van der Waals surface area contributed by atoms with Gasteiger partial charge in [0, 0.05) is 25.9 Å². The van der Waals surface area contributed by atoms with Gasteiger partial charge in [-0.2, -0.15) is 11.8 Å². The first kappa shape index (κ1) is 16.1. The summed E-state index contributed by atoms with van der Waals surface area (Å²) in [6.45, 7) is 2.06. The summed E-state index contributed by atoms with van der Waals surface area (Å²) in [6, 6.07) is 5.04. The highest BCUT2D eigenvalue weighted by Gasteiger charge is 2.18. The summed E-state index contributed by atoms with van der Waals surface area (Å²) in [5, 5.41) is 3.26. The molecule has 1 aromatic rings. The molecule has 1 aromatic carbocycles. The van der Waals surface area contributed by atoms with E-state index in [4.69, 9.17) is 5.73 Å². The average molecular weight is 303 g/mol. The van der Waals surface area contributed by atoms with Crippen LogP contribution in [-0.4, -0.2) is 44.9 Å². The van der Waals surface area contributed by atoms with Crippen molar-refractivity contribution in [3.63, 3.8) is 0 Å². The fraction of sp³-hybridized carbons (Fsp3) is 0.500. The lowest BCUT2D eigenvalue weighted by atomic mass is 10.2.